The summed E-state index contributed by atoms with van der Waals surface area (Å²) in [5, 5.41) is 9.58. The molecule has 13 heavy (non-hydrogen) atoms. The van der Waals surface area contributed by atoms with Crippen LogP contribution < -0.4 is 0 Å². The maximum Gasteiger partial charge on any atom is 0.0580 e. The van der Waals surface area contributed by atoms with Crippen LogP contribution in [-0.4, -0.2) is 11.2 Å². The highest BCUT2D eigenvalue weighted by Gasteiger charge is 2.06. The van der Waals surface area contributed by atoms with Crippen LogP contribution in [0.1, 0.15) is 33.1 Å². The van der Waals surface area contributed by atoms with Crippen LogP contribution in [0.3, 0.4) is 0 Å². The summed E-state index contributed by atoms with van der Waals surface area (Å²) < 4.78 is 0. The van der Waals surface area contributed by atoms with Gasteiger partial charge in [0.1, 0.15) is 0 Å². The first-order valence-corrected chi connectivity index (χ1v) is 4.77. The van der Waals surface area contributed by atoms with Gasteiger partial charge < -0.3 is 5.11 Å². The SMILES string of the molecule is C=C/C=C(/CC(O)CCC)C(=C)C. The van der Waals surface area contributed by atoms with E-state index in [0.29, 0.717) is 6.42 Å². The van der Waals surface area contributed by atoms with E-state index in [1.165, 1.54) is 0 Å². The second-order valence-electron chi connectivity index (χ2n) is 3.35. The molecular weight excluding hydrogens is 160 g/mol. The topological polar surface area (TPSA) is 20.2 Å². The van der Waals surface area contributed by atoms with Crippen LogP contribution in [0.25, 0.3) is 0 Å². The van der Waals surface area contributed by atoms with E-state index in [1.54, 1.807) is 6.08 Å². The van der Waals surface area contributed by atoms with Crippen molar-refractivity contribution in [2.75, 3.05) is 0 Å². The van der Waals surface area contributed by atoms with Crippen LogP contribution in [0, 0.1) is 0 Å². The van der Waals surface area contributed by atoms with Crippen LogP contribution >= 0.6 is 0 Å². The van der Waals surface area contributed by atoms with E-state index in [-0.39, 0.29) is 6.10 Å². The lowest BCUT2D eigenvalue weighted by molar-refractivity contribution is 0.164. The largest absolute Gasteiger partial charge is 0.393 e. The summed E-state index contributed by atoms with van der Waals surface area (Å²) in [5.74, 6) is 0. The predicted molar refractivity (Wildman–Crippen MR) is 58.6 cm³/mol. The van der Waals surface area contributed by atoms with Crippen molar-refractivity contribution in [3.05, 3.63) is 36.5 Å². The maximum absolute atomic E-state index is 9.58. The quantitative estimate of drug-likeness (QED) is 0.622. The molecule has 0 amide bonds. The number of hydrogen-bond donors (Lipinski definition) is 1. The lowest BCUT2D eigenvalue weighted by Crippen LogP contribution is -2.07. The van der Waals surface area contributed by atoms with E-state index in [4.69, 9.17) is 0 Å². The summed E-state index contributed by atoms with van der Waals surface area (Å²) in [6.07, 6.45) is 5.97. The standard InChI is InChI=1S/C12H20O/c1-5-7-11(10(3)4)9-12(13)8-6-2/h5,7,12-13H,1,3,6,8-9H2,2,4H3/b11-7-. The Hall–Kier alpha value is -0.820. The van der Waals surface area contributed by atoms with Gasteiger partial charge in [-0.3, -0.25) is 0 Å². The molecule has 0 aliphatic rings. The first-order valence-electron chi connectivity index (χ1n) is 4.77. The van der Waals surface area contributed by atoms with Crippen molar-refractivity contribution in [2.45, 2.75) is 39.2 Å². The predicted octanol–water partition coefficient (Wildman–Crippen LogP) is 3.23. The first kappa shape index (κ1) is 12.2. The Balaban J connectivity index is 4.18. The first-order chi connectivity index (χ1) is 6.11. The van der Waals surface area contributed by atoms with E-state index >= 15 is 0 Å². The molecule has 0 aromatic heterocycles. The molecule has 0 aromatic carbocycles. The van der Waals surface area contributed by atoms with Gasteiger partial charge in [-0.2, -0.15) is 0 Å². The Morgan fingerprint density at radius 3 is 2.54 bits per heavy atom. The minimum Gasteiger partial charge on any atom is -0.393 e. The fraction of sp³-hybridized carbons (Fsp3) is 0.500. The van der Waals surface area contributed by atoms with Crippen LogP contribution in [-0.2, 0) is 0 Å². The molecular formula is C12H20O. The van der Waals surface area contributed by atoms with Crippen molar-refractivity contribution in [1.82, 2.24) is 0 Å². The van der Waals surface area contributed by atoms with Gasteiger partial charge >= 0.3 is 0 Å². The van der Waals surface area contributed by atoms with Crippen molar-refractivity contribution in [3.63, 3.8) is 0 Å². The molecule has 1 N–H and O–H groups in total. The molecule has 74 valence electrons. The minimum absolute atomic E-state index is 0.243. The third-order valence-corrected chi connectivity index (χ3v) is 1.94. The number of aliphatic hydroxyl groups is 1. The fourth-order valence-electron chi connectivity index (χ4n) is 1.22. The molecule has 0 fully saturated rings. The maximum atomic E-state index is 9.58. The lowest BCUT2D eigenvalue weighted by atomic mass is 9.99. The van der Waals surface area contributed by atoms with Crippen molar-refractivity contribution >= 4 is 0 Å². The number of aliphatic hydroxyl groups excluding tert-OH is 1. The van der Waals surface area contributed by atoms with E-state index in [9.17, 15) is 5.11 Å². The van der Waals surface area contributed by atoms with Crippen molar-refractivity contribution in [2.24, 2.45) is 0 Å². The van der Waals surface area contributed by atoms with Crippen LogP contribution in [0.2, 0.25) is 0 Å². The van der Waals surface area contributed by atoms with Gasteiger partial charge in [-0.1, -0.05) is 44.2 Å². The van der Waals surface area contributed by atoms with Gasteiger partial charge in [-0.05, 0) is 25.3 Å². The highest BCUT2D eigenvalue weighted by atomic mass is 16.3. The van der Waals surface area contributed by atoms with Gasteiger partial charge in [0.05, 0.1) is 6.10 Å². The van der Waals surface area contributed by atoms with E-state index < -0.39 is 0 Å². The molecule has 1 nitrogen and oxygen atoms in total. The molecule has 1 atom stereocenters. The Kier molecular flexibility index (Phi) is 6.25. The van der Waals surface area contributed by atoms with Gasteiger partial charge in [-0.15, -0.1) is 0 Å². The number of allylic oxidation sites excluding steroid dienone is 3. The highest BCUT2D eigenvalue weighted by molar-refractivity contribution is 5.29. The summed E-state index contributed by atoms with van der Waals surface area (Å²) in [7, 11) is 0. The third-order valence-electron chi connectivity index (χ3n) is 1.94. The molecule has 0 bridgehead atoms. The molecule has 0 aliphatic heterocycles. The van der Waals surface area contributed by atoms with Crippen LogP contribution in [0.4, 0.5) is 0 Å². The second kappa shape index (κ2) is 6.67. The molecule has 1 heteroatoms. The monoisotopic (exact) mass is 180 g/mol. The molecule has 0 aromatic rings. The van der Waals surface area contributed by atoms with Crippen LogP contribution in [0.15, 0.2) is 36.5 Å². The van der Waals surface area contributed by atoms with Gasteiger partial charge in [0.15, 0.2) is 0 Å². The zero-order chi connectivity index (χ0) is 10.3. The van der Waals surface area contributed by atoms with Gasteiger partial charge in [0.25, 0.3) is 0 Å². The third kappa shape index (κ3) is 5.42. The zero-order valence-electron chi connectivity index (χ0n) is 8.71. The highest BCUT2D eigenvalue weighted by Crippen LogP contribution is 2.16. The molecule has 0 aliphatic carbocycles. The van der Waals surface area contributed by atoms with Crippen molar-refractivity contribution in [1.29, 1.82) is 0 Å². The molecule has 0 rings (SSSR count). The lowest BCUT2D eigenvalue weighted by Gasteiger charge is -2.11. The average Bonchev–Trinajstić information content (AvgIpc) is 2.04. The average molecular weight is 180 g/mol. The molecule has 0 saturated heterocycles. The smallest absolute Gasteiger partial charge is 0.0580 e. The zero-order valence-corrected chi connectivity index (χ0v) is 8.71. The van der Waals surface area contributed by atoms with Crippen molar-refractivity contribution < 1.29 is 5.11 Å². The minimum atomic E-state index is -0.243. The Morgan fingerprint density at radius 2 is 2.15 bits per heavy atom. The summed E-state index contributed by atoms with van der Waals surface area (Å²) in [6, 6.07) is 0. The Bertz CT molecular complexity index is 201. The van der Waals surface area contributed by atoms with Crippen molar-refractivity contribution in [3.8, 4) is 0 Å². The normalized spacial score (nSPS) is 13.9. The molecule has 0 radical (unpaired) electrons. The van der Waals surface area contributed by atoms with Gasteiger partial charge in [-0.25, -0.2) is 0 Å². The molecule has 0 spiro atoms. The number of rotatable bonds is 6. The van der Waals surface area contributed by atoms with Gasteiger partial charge in [0.2, 0.25) is 0 Å². The molecule has 0 heterocycles. The summed E-state index contributed by atoms with van der Waals surface area (Å²) in [5.41, 5.74) is 2.10. The van der Waals surface area contributed by atoms with E-state index in [1.807, 2.05) is 13.0 Å². The van der Waals surface area contributed by atoms with E-state index in [2.05, 4.69) is 20.1 Å². The Labute approximate surface area is 81.5 Å². The molecule has 0 saturated carbocycles. The number of hydrogen-bond acceptors (Lipinski definition) is 1. The summed E-state index contributed by atoms with van der Waals surface area (Å²) in [4.78, 5) is 0. The summed E-state index contributed by atoms with van der Waals surface area (Å²) in [6.45, 7) is 11.5. The second-order valence-corrected chi connectivity index (χ2v) is 3.35. The molecule has 1 unspecified atom stereocenters. The van der Waals surface area contributed by atoms with Crippen LogP contribution in [0.5, 0.6) is 0 Å². The fourth-order valence-corrected chi connectivity index (χ4v) is 1.22. The van der Waals surface area contributed by atoms with Gasteiger partial charge in [0, 0.05) is 0 Å². The Morgan fingerprint density at radius 1 is 1.54 bits per heavy atom. The van der Waals surface area contributed by atoms with E-state index in [0.717, 1.165) is 24.0 Å². The summed E-state index contributed by atoms with van der Waals surface area (Å²) >= 11 is 0.